The Morgan fingerprint density at radius 1 is 1.39 bits per heavy atom. The molecular formula is C16H21N5OS. The third-order valence-electron chi connectivity index (χ3n) is 3.64. The maximum atomic E-state index is 5.77. The van der Waals surface area contributed by atoms with Gasteiger partial charge in [-0.1, -0.05) is 6.92 Å². The van der Waals surface area contributed by atoms with Gasteiger partial charge >= 0.3 is 0 Å². The molecular weight excluding hydrogens is 310 g/mol. The molecule has 0 saturated carbocycles. The first kappa shape index (κ1) is 15.9. The predicted octanol–water partition coefficient (Wildman–Crippen LogP) is 3.04. The molecule has 0 fully saturated rings. The number of aryl methyl sites for hydroxylation is 2. The molecule has 7 heteroatoms. The molecule has 0 amide bonds. The van der Waals surface area contributed by atoms with Crippen LogP contribution in [-0.4, -0.2) is 26.0 Å². The van der Waals surface area contributed by atoms with Crippen molar-refractivity contribution in [1.29, 1.82) is 0 Å². The fourth-order valence-corrected chi connectivity index (χ4v) is 3.45. The van der Waals surface area contributed by atoms with E-state index in [2.05, 4.69) is 47.5 Å². The molecule has 0 unspecified atom stereocenters. The zero-order chi connectivity index (χ0) is 16.2. The van der Waals surface area contributed by atoms with Crippen molar-refractivity contribution in [1.82, 2.24) is 25.3 Å². The highest BCUT2D eigenvalue weighted by Crippen LogP contribution is 2.30. The molecule has 0 aliphatic carbocycles. The highest BCUT2D eigenvalue weighted by atomic mass is 32.1. The van der Waals surface area contributed by atoms with Gasteiger partial charge in [-0.15, -0.1) is 21.5 Å². The molecule has 0 saturated heterocycles. The van der Waals surface area contributed by atoms with Crippen LogP contribution in [0.25, 0.3) is 10.8 Å². The third kappa shape index (κ3) is 3.86. The van der Waals surface area contributed by atoms with Crippen LogP contribution in [0.4, 0.5) is 0 Å². The summed E-state index contributed by atoms with van der Waals surface area (Å²) in [6.45, 7) is 7.74. The zero-order valence-corrected chi connectivity index (χ0v) is 14.4. The average molecular weight is 331 g/mol. The quantitative estimate of drug-likeness (QED) is 0.720. The van der Waals surface area contributed by atoms with Crippen LogP contribution in [-0.2, 0) is 19.5 Å². The molecule has 0 aromatic carbocycles. The lowest BCUT2D eigenvalue weighted by Gasteiger charge is -2.11. The Hall–Kier alpha value is -1.99. The second kappa shape index (κ2) is 7.06. The minimum Gasteiger partial charge on any atom is -0.419 e. The summed E-state index contributed by atoms with van der Waals surface area (Å²) in [5.41, 5.74) is 1.29. The molecule has 3 aromatic rings. The molecule has 6 nitrogen and oxygen atoms in total. The van der Waals surface area contributed by atoms with Crippen LogP contribution in [0.5, 0.6) is 0 Å². The van der Waals surface area contributed by atoms with Gasteiger partial charge in [0.2, 0.25) is 5.89 Å². The van der Waals surface area contributed by atoms with Crippen molar-refractivity contribution >= 4 is 11.3 Å². The third-order valence-corrected chi connectivity index (χ3v) is 5.01. The molecule has 122 valence electrons. The Bertz CT molecular complexity index is 746. The van der Waals surface area contributed by atoms with Gasteiger partial charge < -0.3 is 9.73 Å². The molecule has 3 heterocycles. The van der Waals surface area contributed by atoms with Crippen molar-refractivity contribution in [2.75, 3.05) is 0 Å². The van der Waals surface area contributed by atoms with Gasteiger partial charge in [-0.3, -0.25) is 4.68 Å². The van der Waals surface area contributed by atoms with Crippen molar-refractivity contribution in [3.8, 4) is 10.8 Å². The van der Waals surface area contributed by atoms with Gasteiger partial charge in [-0.2, -0.15) is 5.10 Å². The molecule has 0 aliphatic rings. The molecule has 0 aliphatic heterocycles. The number of aromatic nitrogens is 4. The average Bonchev–Trinajstić information content (AvgIpc) is 3.25. The number of rotatable bonds is 7. The van der Waals surface area contributed by atoms with Gasteiger partial charge in [0.25, 0.3) is 5.89 Å². The molecule has 0 radical (unpaired) electrons. The second-order valence-electron chi connectivity index (χ2n) is 5.58. The lowest BCUT2D eigenvalue weighted by Crippen LogP contribution is -2.30. The molecule has 1 N–H and O–H groups in total. The molecule has 3 aromatic heterocycles. The summed E-state index contributed by atoms with van der Waals surface area (Å²) in [6, 6.07) is 4.31. The first-order valence-electron chi connectivity index (χ1n) is 7.78. The van der Waals surface area contributed by atoms with E-state index in [9.17, 15) is 0 Å². The highest BCUT2D eigenvalue weighted by molar-refractivity contribution is 7.15. The van der Waals surface area contributed by atoms with Crippen molar-refractivity contribution in [3.63, 3.8) is 0 Å². The Labute approximate surface area is 139 Å². The highest BCUT2D eigenvalue weighted by Gasteiger charge is 2.13. The summed E-state index contributed by atoms with van der Waals surface area (Å²) in [7, 11) is 0. The van der Waals surface area contributed by atoms with Crippen LogP contribution < -0.4 is 5.32 Å². The van der Waals surface area contributed by atoms with E-state index in [1.165, 1.54) is 10.4 Å². The summed E-state index contributed by atoms with van der Waals surface area (Å²) in [4.78, 5) is 2.41. The van der Waals surface area contributed by atoms with Gasteiger partial charge in [0.15, 0.2) is 0 Å². The minimum absolute atomic E-state index is 0.265. The van der Waals surface area contributed by atoms with E-state index < -0.39 is 0 Å². The van der Waals surface area contributed by atoms with E-state index >= 15 is 0 Å². The first-order valence-corrected chi connectivity index (χ1v) is 8.60. The largest absolute Gasteiger partial charge is 0.419 e. The van der Waals surface area contributed by atoms with Crippen LogP contribution in [0.15, 0.2) is 28.9 Å². The summed E-state index contributed by atoms with van der Waals surface area (Å²) >= 11 is 1.72. The summed E-state index contributed by atoms with van der Waals surface area (Å²) in [6.07, 6.45) is 4.77. The molecule has 0 spiro atoms. The topological polar surface area (TPSA) is 68.8 Å². The van der Waals surface area contributed by atoms with Crippen molar-refractivity contribution in [2.45, 2.75) is 46.3 Å². The number of hydrogen-bond donors (Lipinski definition) is 1. The van der Waals surface area contributed by atoms with Gasteiger partial charge in [0, 0.05) is 23.3 Å². The monoisotopic (exact) mass is 331 g/mol. The fourth-order valence-electron chi connectivity index (χ4n) is 2.42. The fraction of sp³-hybridized carbons (Fsp3) is 0.438. The maximum Gasteiger partial charge on any atom is 0.257 e. The van der Waals surface area contributed by atoms with Crippen LogP contribution in [0.3, 0.4) is 0 Å². The van der Waals surface area contributed by atoms with Gasteiger partial charge in [-0.05, 0) is 38.0 Å². The number of nitrogens with zero attached hydrogens (tertiary/aromatic N) is 4. The lowest BCUT2D eigenvalue weighted by molar-refractivity contribution is 0.411. The zero-order valence-electron chi connectivity index (χ0n) is 13.6. The van der Waals surface area contributed by atoms with E-state index in [-0.39, 0.29) is 6.04 Å². The van der Waals surface area contributed by atoms with Gasteiger partial charge in [0.05, 0.1) is 18.0 Å². The Morgan fingerprint density at radius 3 is 2.96 bits per heavy atom. The first-order chi connectivity index (χ1) is 11.2. The van der Waals surface area contributed by atoms with E-state index in [1.807, 2.05) is 16.9 Å². The van der Waals surface area contributed by atoms with Crippen molar-refractivity contribution in [2.24, 2.45) is 0 Å². The van der Waals surface area contributed by atoms with Gasteiger partial charge in [0.1, 0.15) is 0 Å². The van der Waals surface area contributed by atoms with Crippen LogP contribution in [0.1, 0.15) is 30.2 Å². The van der Waals surface area contributed by atoms with Gasteiger partial charge in [-0.25, -0.2) is 0 Å². The molecule has 23 heavy (non-hydrogen) atoms. The summed E-state index contributed by atoms with van der Waals surface area (Å²) in [5.74, 6) is 1.21. The van der Waals surface area contributed by atoms with E-state index in [1.54, 1.807) is 17.5 Å². The van der Waals surface area contributed by atoms with E-state index in [0.717, 1.165) is 17.8 Å². The molecule has 1 atom stereocenters. The Morgan fingerprint density at radius 2 is 2.26 bits per heavy atom. The maximum absolute atomic E-state index is 5.77. The Kier molecular flexibility index (Phi) is 4.88. The number of nitrogens with one attached hydrogen (secondary N) is 1. The van der Waals surface area contributed by atoms with Crippen LogP contribution in [0.2, 0.25) is 0 Å². The SMILES string of the molecule is CCc1sc(-c2nnc(CN[C@@H](C)Cn3cccn3)o2)cc1C. The smallest absolute Gasteiger partial charge is 0.257 e. The predicted molar refractivity (Wildman–Crippen MR) is 90.3 cm³/mol. The normalized spacial score (nSPS) is 12.7. The van der Waals surface area contributed by atoms with Crippen LogP contribution in [0, 0.1) is 6.92 Å². The Balaban J connectivity index is 1.58. The lowest BCUT2D eigenvalue weighted by atomic mass is 10.2. The number of hydrogen-bond acceptors (Lipinski definition) is 6. The van der Waals surface area contributed by atoms with E-state index in [0.29, 0.717) is 18.3 Å². The summed E-state index contributed by atoms with van der Waals surface area (Å²) < 4.78 is 7.67. The van der Waals surface area contributed by atoms with Crippen LogP contribution >= 0.6 is 11.3 Å². The molecule has 3 rings (SSSR count). The minimum atomic E-state index is 0.265. The molecule has 0 bridgehead atoms. The number of thiophene rings is 1. The van der Waals surface area contributed by atoms with Crippen molar-refractivity contribution in [3.05, 3.63) is 40.9 Å². The van der Waals surface area contributed by atoms with Crippen molar-refractivity contribution < 1.29 is 4.42 Å². The standard InChI is InChI=1S/C16H21N5OS/c1-4-13-11(2)8-14(23-13)16-20-19-15(22-16)9-17-12(3)10-21-7-5-6-18-21/h5-8,12,17H,4,9-10H2,1-3H3/t12-/m0/s1. The van der Waals surface area contributed by atoms with E-state index in [4.69, 9.17) is 4.42 Å². The summed E-state index contributed by atoms with van der Waals surface area (Å²) in [5, 5.41) is 15.9. The second-order valence-corrected chi connectivity index (χ2v) is 6.72.